The van der Waals surface area contributed by atoms with E-state index in [9.17, 15) is 0 Å². The van der Waals surface area contributed by atoms with Crippen molar-refractivity contribution < 1.29 is 4.74 Å². The van der Waals surface area contributed by atoms with Gasteiger partial charge in [0, 0.05) is 13.2 Å². The summed E-state index contributed by atoms with van der Waals surface area (Å²) in [6.45, 7) is 0. The Bertz CT molecular complexity index is 557. The number of benzene rings is 2. The van der Waals surface area contributed by atoms with E-state index in [1.54, 1.807) is 7.11 Å². The molecular weight excluding hydrogens is 234 g/mol. The highest BCUT2D eigenvalue weighted by Gasteiger charge is 2.35. The molecular formula is C17H21NO. The van der Waals surface area contributed by atoms with E-state index in [4.69, 9.17) is 10.5 Å². The van der Waals surface area contributed by atoms with Crippen molar-refractivity contribution in [1.82, 2.24) is 0 Å². The molecule has 0 amide bonds. The number of nitrogens with two attached hydrogens (primary N) is 1. The highest BCUT2D eigenvalue weighted by atomic mass is 16.5. The van der Waals surface area contributed by atoms with Crippen LogP contribution in [0.2, 0.25) is 0 Å². The maximum absolute atomic E-state index is 6.37. The van der Waals surface area contributed by atoms with E-state index in [-0.39, 0.29) is 12.1 Å². The van der Waals surface area contributed by atoms with Crippen LogP contribution in [-0.4, -0.2) is 19.3 Å². The van der Waals surface area contributed by atoms with Gasteiger partial charge < -0.3 is 10.5 Å². The molecule has 0 aromatic heterocycles. The van der Waals surface area contributed by atoms with Gasteiger partial charge in [-0.2, -0.15) is 0 Å². The average Bonchev–Trinajstić information content (AvgIpc) is 3.25. The molecule has 2 aromatic rings. The Morgan fingerprint density at radius 1 is 1.16 bits per heavy atom. The lowest BCUT2D eigenvalue weighted by Crippen LogP contribution is -2.39. The molecule has 2 nitrogen and oxygen atoms in total. The lowest BCUT2D eigenvalue weighted by atomic mass is 9.95. The van der Waals surface area contributed by atoms with E-state index >= 15 is 0 Å². The predicted octanol–water partition coefficient (Wildman–Crippen LogP) is 3.13. The lowest BCUT2D eigenvalue weighted by Gasteiger charge is -2.23. The summed E-state index contributed by atoms with van der Waals surface area (Å²) >= 11 is 0. The van der Waals surface area contributed by atoms with Gasteiger partial charge in [-0.25, -0.2) is 0 Å². The van der Waals surface area contributed by atoms with Gasteiger partial charge in [0.2, 0.25) is 0 Å². The van der Waals surface area contributed by atoms with E-state index in [1.165, 1.54) is 29.2 Å². The molecule has 1 saturated carbocycles. The summed E-state index contributed by atoms with van der Waals surface area (Å²) < 4.78 is 5.60. The first-order chi connectivity index (χ1) is 9.29. The maximum atomic E-state index is 6.37. The van der Waals surface area contributed by atoms with Crippen LogP contribution in [0, 0.1) is 5.92 Å². The van der Waals surface area contributed by atoms with Crippen LogP contribution in [0.1, 0.15) is 18.4 Å². The summed E-state index contributed by atoms with van der Waals surface area (Å²) in [7, 11) is 1.78. The summed E-state index contributed by atoms with van der Waals surface area (Å²) in [4.78, 5) is 0. The van der Waals surface area contributed by atoms with E-state index in [2.05, 4.69) is 42.5 Å². The van der Waals surface area contributed by atoms with Gasteiger partial charge in [0.05, 0.1) is 6.10 Å². The Morgan fingerprint density at radius 3 is 2.63 bits per heavy atom. The molecule has 0 bridgehead atoms. The number of methoxy groups -OCH3 is 1. The van der Waals surface area contributed by atoms with E-state index in [0.29, 0.717) is 5.92 Å². The molecule has 0 aliphatic heterocycles. The molecule has 1 fully saturated rings. The van der Waals surface area contributed by atoms with Crippen molar-refractivity contribution in [2.24, 2.45) is 11.7 Å². The fraction of sp³-hybridized carbons (Fsp3) is 0.412. The normalized spacial score (nSPS) is 18.4. The van der Waals surface area contributed by atoms with E-state index < -0.39 is 0 Å². The molecule has 3 rings (SSSR count). The van der Waals surface area contributed by atoms with Gasteiger partial charge in [0.15, 0.2) is 0 Å². The third-order valence-corrected chi connectivity index (χ3v) is 4.12. The quantitative estimate of drug-likeness (QED) is 0.891. The van der Waals surface area contributed by atoms with Gasteiger partial charge in [-0.3, -0.25) is 0 Å². The van der Waals surface area contributed by atoms with Crippen LogP contribution in [0.5, 0.6) is 0 Å². The highest BCUT2D eigenvalue weighted by molar-refractivity contribution is 5.85. The minimum absolute atomic E-state index is 0.0864. The van der Waals surface area contributed by atoms with Crippen molar-refractivity contribution >= 4 is 10.8 Å². The zero-order valence-corrected chi connectivity index (χ0v) is 11.4. The van der Waals surface area contributed by atoms with Crippen LogP contribution < -0.4 is 5.73 Å². The highest BCUT2D eigenvalue weighted by Crippen LogP contribution is 2.36. The molecule has 1 aliphatic rings. The summed E-state index contributed by atoms with van der Waals surface area (Å²) in [5, 5.41) is 2.60. The van der Waals surface area contributed by atoms with Crippen molar-refractivity contribution in [3.63, 3.8) is 0 Å². The predicted molar refractivity (Wildman–Crippen MR) is 79.1 cm³/mol. The standard InChI is InChI=1S/C17H21NO/c1-19-17(13-9-10-13)16(18)11-14-7-4-6-12-5-2-3-8-15(12)14/h2-8,13,16-17H,9-11,18H2,1H3. The van der Waals surface area contributed by atoms with Crippen LogP contribution in [0.3, 0.4) is 0 Å². The summed E-state index contributed by atoms with van der Waals surface area (Å²) in [6, 6.07) is 15.0. The summed E-state index contributed by atoms with van der Waals surface area (Å²) in [5.74, 6) is 0.676. The fourth-order valence-electron chi connectivity index (χ4n) is 2.98. The zero-order valence-electron chi connectivity index (χ0n) is 11.4. The van der Waals surface area contributed by atoms with Crippen molar-refractivity contribution in [1.29, 1.82) is 0 Å². The second-order valence-electron chi connectivity index (χ2n) is 5.54. The minimum atomic E-state index is 0.0864. The number of ether oxygens (including phenoxy) is 1. The molecule has 2 N–H and O–H groups in total. The largest absolute Gasteiger partial charge is 0.380 e. The van der Waals surface area contributed by atoms with Crippen LogP contribution in [0.15, 0.2) is 42.5 Å². The van der Waals surface area contributed by atoms with Crippen molar-refractivity contribution in [2.45, 2.75) is 31.4 Å². The Hall–Kier alpha value is -1.38. The van der Waals surface area contributed by atoms with Crippen LogP contribution in [0.4, 0.5) is 0 Å². The average molecular weight is 255 g/mol. The molecule has 0 heterocycles. The fourth-order valence-corrected chi connectivity index (χ4v) is 2.98. The first kappa shape index (κ1) is 12.6. The molecule has 2 aromatic carbocycles. The van der Waals surface area contributed by atoms with E-state index in [1.807, 2.05) is 0 Å². The summed E-state index contributed by atoms with van der Waals surface area (Å²) in [5.41, 5.74) is 7.69. The second-order valence-corrected chi connectivity index (χ2v) is 5.54. The first-order valence-corrected chi connectivity index (χ1v) is 7.04. The number of rotatable bonds is 5. The van der Waals surface area contributed by atoms with Gasteiger partial charge in [0.25, 0.3) is 0 Å². The second kappa shape index (κ2) is 5.32. The minimum Gasteiger partial charge on any atom is -0.380 e. The molecule has 100 valence electrons. The Balaban J connectivity index is 1.84. The van der Waals surface area contributed by atoms with Crippen molar-refractivity contribution in [3.8, 4) is 0 Å². The smallest absolute Gasteiger partial charge is 0.0753 e. The maximum Gasteiger partial charge on any atom is 0.0753 e. The summed E-state index contributed by atoms with van der Waals surface area (Å²) in [6.07, 6.45) is 3.62. The Kier molecular flexibility index (Phi) is 3.54. The molecule has 1 aliphatic carbocycles. The molecule has 0 spiro atoms. The van der Waals surface area contributed by atoms with Crippen molar-refractivity contribution in [2.75, 3.05) is 7.11 Å². The Labute approximate surface area is 114 Å². The van der Waals surface area contributed by atoms with Crippen LogP contribution >= 0.6 is 0 Å². The van der Waals surface area contributed by atoms with E-state index in [0.717, 1.165) is 6.42 Å². The number of hydrogen-bond acceptors (Lipinski definition) is 2. The van der Waals surface area contributed by atoms with Gasteiger partial charge in [-0.15, -0.1) is 0 Å². The molecule has 2 unspecified atom stereocenters. The molecule has 2 atom stereocenters. The van der Waals surface area contributed by atoms with Gasteiger partial charge in [0.1, 0.15) is 0 Å². The number of hydrogen-bond donors (Lipinski definition) is 1. The van der Waals surface area contributed by atoms with Gasteiger partial charge in [-0.1, -0.05) is 42.5 Å². The van der Waals surface area contributed by atoms with Crippen LogP contribution in [0.25, 0.3) is 10.8 Å². The number of fused-ring (bicyclic) bond motifs is 1. The third kappa shape index (κ3) is 2.65. The SMILES string of the molecule is COC(C(N)Cc1cccc2ccccc12)C1CC1. The topological polar surface area (TPSA) is 35.2 Å². The molecule has 0 saturated heterocycles. The third-order valence-electron chi connectivity index (χ3n) is 4.12. The monoisotopic (exact) mass is 255 g/mol. The molecule has 0 radical (unpaired) electrons. The lowest BCUT2D eigenvalue weighted by molar-refractivity contribution is 0.0627. The van der Waals surface area contributed by atoms with Crippen molar-refractivity contribution in [3.05, 3.63) is 48.0 Å². The Morgan fingerprint density at radius 2 is 1.89 bits per heavy atom. The first-order valence-electron chi connectivity index (χ1n) is 7.04. The van der Waals surface area contributed by atoms with Gasteiger partial charge in [-0.05, 0) is 41.5 Å². The van der Waals surface area contributed by atoms with Crippen LogP contribution in [-0.2, 0) is 11.2 Å². The molecule has 2 heteroatoms. The molecule has 19 heavy (non-hydrogen) atoms. The zero-order chi connectivity index (χ0) is 13.2. The van der Waals surface area contributed by atoms with Gasteiger partial charge >= 0.3 is 0 Å².